The van der Waals surface area contributed by atoms with Gasteiger partial charge in [-0.05, 0) is 84.3 Å². The summed E-state index contributed by atoms with van der Waals surface area (Å²) in [4.78, 5) is 9.35. The van der Waals surface area contributed by atoms with Gasteiger partial charge in [-0.15, -0.1) is 0 Å². The summed E-state index contributed by atoms with van der Waals surface area (Å²) in [5, 5.41) is 8.36. The van der Waals surface area contributed by atoms with Gasteiger partial charge in [-0.25, -0.2) is 9.83 Å². The number of pyridine rings is 1. The zero-order valence-electron chi connectivity index (χ0n) is 29.9. The van der Waals surface area contributed by atoms with Crippen molar-refractivity contribution < 1.29 is 0 Å². The Hall–Kier alpha value is -7.34. The molecule has 9 aromatic carbocycles. The van der Waals surface area contributed by atoms with E-state index in [0.29, 0.717) is 5.69 Å². The SMILES string of the molecule is [C-]#[N+]c1ccc2c(c1)C(c1ccccc1)(c1ccccc1)c1cc(-c3cc4c(-c5ccccc5)nc5ccc6ccccc6c5c4c4ccccc34)ccc1-2. The fourth-order valence-electron chi connectivity index (χ4n) is 9.40. The number of aromatic nitrogens is 1. The highest BCUT2D eigenvalue weighted by atomic mass is 14.7. The molecule has 55 heavy (non-hydrogen) atoms. The Morgan fingerprint density at radius 1 is 0.418 bits per heavy atom. The van der Waals surface area contributed by atoms with Crippen molar-refractivity contribution in [3.8, 4) is 33.5 Å². The van der Waals surface area contributed by atoms with Gasteiger partial charge in [-0.3, -0.25) is 0 Å². The van der Waals surface area contributed by atoms with E-state index in [9.17, 15) is 0 Å². The average molecular weight is 697 g/mol. The Balaban J connectivity index is 1.27. The van der Waals surface area contributed by atoms with Gasteiger partial charge in [-0.2, -0.15) is 0 Å². The van der Waals surface area contributed by atoms with Gasteiger partial charge in [0.05, 0.1) is 23.2 Å². The monoisotopic (exact) mass is 696 g/mol. The number of nitrogens with zero attached hydrogens (tertiary/aromatic N) is 2. The second-order valence-electron chi connectivity index (χ2n) is 14.5. The Morgan fingerprint density at radius 2 is 1.02 bits per heavy atom. The van der Waals surface area contributed by atoms with Crippen molar-refractivity contribution in [3.63, 3.8) is 0 Å². The first kappa shape index (κ1) is 31.2. The normalized spacial score (nSPS) is 12.9. The fourth-order valence-corrected chi connectivity index (χ4v) is 9.40. The van der Waals surface area contributed by atoms with Crippen LogP contribution in [0.1, 0.15) is 22.3 Å². The Morgan fingerprint density at radius 3 is 1.73 bits per heavy atom. The Kier molecular flexibility index (Phi) is 6.87. The minimum Gasteiger partial charge on any atom is -0.247 e. The first-order valence-electron chi connectivity index (χ1n) is 18.7. The summed E-state index contributed by atoms with van der Waals surface area (Å²) < 4.78 is 0. The lowest BCUT2D eigenvalue weighted by atomic mass is 9.67. The van der Waals surface area contributed by atoms with Crippen molar-refractivity contribution >= 4 is 48.9 Å². The summed E-state index contributed by atoms with van der Waals surface area (Å²) in [5.74, 6) is 0. The van der Waals surface area contributed by atoms with Crippen LogP contribution in [0.3, 0.4) is 0 Å². The summed E-state index contributed by atoms with van der Waals surface area (Å²) in [6.07, 6.45) is 0. The highest BCUT2D eigenvalue weighted by Crippen LogP contribution is 2.58. The van der Waals surface area contributed by atoms with Crippen LogP contribution in [0.4, 0.5) is 5.69 Å². The average Bonchev–Trinajstić information content (AvgIpc) is 3.56. The van der Waals surface area contributed by atoms with Crippen molar-refractivity contribution in [2.45, 2.75) is 5.41 Å². The second-order valence-corrected chi connectivity index (χ2v) is 14.5. The summed E-state index contributed by atoms with van der Waals surface area (Å²) in [7, 11) is 0. The van der Waals surface area contributed by atoms with E-state index in [1.54, 1.807) is 0 Å². The molecule has 0 atom stereocenters. The van der Waals surface area contributed by atoms with Gasteiger partial charge in [0.25, 0.3) is 0 Å². The molecule has 0 fully saturated rings. The predicted molar refractivity (Wildman–Crippen MR) is 229 cm³/mol. The molecule has 1 aliphatic rings. The van der Waals surface area contributed by atoms with Crippen LogP contribution in [0.25, 0.3) is 81.6 Å². The van der Waals surface area contributed by atoms with Gasteiger partial charge in [0.2, 0.25) is 0 Å². The summed E-state index contributed by atoms with van der Waals surface area (Å²) in [5.41, 5.74) is 12.5. The second kappa shape index (κ2) is 12.1. The first-order valence-corrected chi connectivity index (χ1v) is 18.7. The maximum atomic E-state index is 7.99. The molecule has 1 aromatic heterocycles. The van der Waals surface area contributed by atoms with E-state index in [1.807, 2.05) is 6.07 Å². The zero-order valence-corrected chi connectivity index (χ0v) is 29.9. The molecular weight excluding hydrogens is 665 g/mol. The number of benzene rings is 9. The third kappa shape index (κ3) is 4.51. The topological polar surface area (TPSA) is 17.2 Å². The van der Waals surface area contributed by atoms with Gasteiger partial charge in [-0.1, -0.05) is 176 Å². The summed E-state index contributed by atoms with van der Waals surface area (Å²) in [6.45, 7) is 7.99. The molecule has 1 aliphatic carbocycles. The maximum absolute atomic E-state index is 7.99. The Labute approximate surface area is 319 Å². The lowest BCUT2D eigenvalue weighted by Crippen LogP contribution is -2.28. The fraction of sp³-hybridized carbons (Fsp3) is 0.0189. The van der Waals surface area contributed by atoms with Crippen molar-refractivity contribution in [1.82, 2.24) is 4.98 Å². The number of fused-ring (bicyclic) bond motifs is 10. The standard InChI is InChI=1S/C53H32N2/c1-54-39-27-29-43-42-28-25-36(31-47(42)53(48(43)32-39,37-18-7-3-8-19-37)38-20-9-4-10-21-38)45-33-46-50(44-24-14-13-23-41(44)45)51-40-22-12-11-15-34(40)26-30-49(51)55-52(46)35-16-5-2-6-17-35/h2-33H. The molecule has 10 aromatic rings. The zero-order chi connectivity index (χ0) is 36.5. The number of hydrogen-bond donors (Lipinski definition) is 0. The molecule has 2 heteroatoms. The van der Waals surface area contributed by atoms with Crippen LogP contribution in [0.15, 0.2) is 194 Å². The van der Waals surface area contributed by atoms with Crippen LogP contribution in [-0.2, 0) is 5.41 Å². The summed E-state index contributed by atoms with van der Waals surface area (Å²) >= 11 is 0. The molecule has 0 unspecified atom stereocenters. The van der Waals surface area contributed by atoms with Gasteiger partial charge < -0.3 is 0 Å². The van der Waals surface area contributed by atoms with Gasteiger partial charge in [0.15, 0.2) is 5.69 Å². The molecule has 11 rings (SSSR count). The van der Waals surface area contributed by atoms with E-state index in [0.717, 1.165) is 38.9 Å². The molecule has 0 saturated carbocycles. The number of hydrogen-bond acceptors (Lipinski definition) is 1. The molecule has 1 heterocycles. The van der Waals surface area contributed by atoms with Crippen molar-refractivity contribution in [2.24, 2.45) is 0 Å². The highest BCUT2D eigenvalue weighted by Gasteiger charge is 2.46. The van der Waals surface area contributed by atoms with E-state index in [2.05, 4.69) is 193 Å². The Bertz CT molecular complexity index is 3160. The van der Waals surface area contributed by atoms with Crippen LogP contribution in [0.2, 0.25) is 0 Å². The van der Waals surface area contributed by atoms with Crippen LogP contribution in [0.5, 0.6) is 0 Å². The third-order valence-electron chi connectivity index (χ3n) is 11.7. The van der Waals surface area contributed by atoms with E-state index in [4.69, 9.17) is 11.6 Å². The molecule has 0 aliphatic heterocycles. The van der Waals surface area contributed by atoms with Crippen LogP contribution in [-0.4, -0.2) is 4.98 Å². The van der Waals surface area contributed by atoms with Crippen LogP contribution >= 0.6 is 0 Å². The molecule has 2 nitrogen and oxygen atoms in total. The van der Waals surface area contributed by atoms with Crippen molar-refractivity contribution in [1.29, 1.82) is 0 Å². The van der Waals surface area contributed by atoms with Gasteiger partial charge in [0.1, 0.15) is 0 Å². The lowest BCUT2D eigenvalue weighted by Gasteiger charge is -2.34. The summed E-state index contributed by atoms with van der Waals surface area (Å²) in [6, 6.07) is 69.7. The predicted octanol–water partition coefficient (Wildman–Crippen LogP) is 13.9. The van der Waals surface area contributed by atoms with E-state index < -0.39 is 5.41 Å². The highest BCUT2D eigenvalue weighted by molar-refractivity contribution is 6.30. The molecule has 0 saturated heterocycles. The molecule has 0 spiro atoms. The van der Waals surface area contributed by atoms with Crippen molar-refractivity contribution in [2.75, 3.05) is 0 Å². The quantitative estimate of drug-likeness (QED) is 0.132. The van der Waals surface area contributed by atoms with E-state index in [1.165, 1.54) is 60.1 Å². The van der Waals surface area contributed by atoms with Crippen LogP contribution in [0, 0.1) is 6.57 Å². The minimum atomic E-state index is -0.623. The van der Waals surface area contributed by atoms with Crippen molar-refractivity contribution in [3.05, 3.63) is 228 Å². The molecule has 0 radical (unpaired) electrons. The van der Waals surface area contributed by atoms with E-state index >= 15 is 0 Å². The molecule has 0 bridgehead atoms. The third-order valence-corrected chi connectivity index (χ3v) is 11.7. The smallest absolute Gasteiger partial charge is 0.187 e. The maximum Gasteiger partial charge on any atom is 0.187 e. The van der Waals surface area contributed by atoms with Gasteiger partial charge >= 0.3 is 0 Å². The molecule has 0 amide bonds. The lowest BCUT2D eigenvalue weighted by molar-refractivity contribution is 0.769. The van der Waals surface area contributed by atoms with E-state index in [-0.39, 0.29) is 0 Å². The first-order chi connectivity index (χ1) is 27.2. The molecule has 254 valence electrons. The number of rotatable bonds is 4. The van der Waals surface area contributed by atoms with Gasteiger partial charge in [0, 0.05) is 21.7 Å². The van der Waals surface area contributed by atoms with Crippen LogP contribution < -0.4 is 0 Å². The largest absolute Gasteiger partial charge is 0.247 e. The molecular formula is C53H32N2. The minimum absolute atomic E-state index is 0.623. The molecule has 0 N–H and O–H groups in total.